The van der Waals surface area contributed by atoms with Gasteiger partial charge in [-0.1, -0.05) is 6.07 Å². The Bertz CT molecular complexity index is 1110. The summed E-state index contributed by atoms with van der Waals surface area (Å²) in [4.78, 5) is 26.7. The minimum atomic E-state index is -0.777. The molecule has 4 heterocycles. The van der Waals surface area contributed by atoms with Crippen molar-refractivity contribution >= 4 is 22.7 Å². The maximum atomic E-state index is 12.3. The molecule has 2 N–H and O–H groups in total. The first kappa shape index (κ1) is 18.6. The summed E-state index contributed by atoms with van der Waals surface area (Å²) >= 11 is 0. The predicted molar refractivity (Wildman–Crippen MR) is 102 cm³/mol. The minimum absolute atomic E-state index is 0.0643. The van der Waals surface area contributed by atoms with Crippen LogP contribution in [-0.2, 0) is 11.3 Å². The third kappa shape index (κ3) is 3.79. The maximum Gasteiger partial charge on any atom is 0.361 e. The lowest BCUT2D eigenvalue weighted by Crippen LogP contribution is -2.22. The first-order chi connectivity index (χ1) is 14.0. The standard InChI is InChI=1S/C20H17N5O4/c21-7-13-2-1-12(8-22-13)11-29-20(28)18-19(27)15-3-4-17(24-16(15)9-23-18)25-6-5-14(26)10-25/h1-4,8-9,14,26-27H,5-6,10-11H2/t14-/m1/s1. The molecular formula is C20H17N5O4. The van der Waals surface area contributed by atoms with Crippen molar-refractivity contribution in [1.29, 1.82) is 5.26 Å². The number of nitrogens with zero attached hydrogens (tertiary/aromatic N) is 5. The van der Waals surface area contributed by atoms with Gasteiger partial charge in [-0.15, -0.1) is 0 Å². The number of hydrogen-bond acceptors (Lipinski definition) is 9. The highest BCUT2D eigenvalue weighted by atomic mass is 16.5. The lowest BCUT2D eigenvalue weighted by molar-refractivity contribution is 0.0462. The largest absolute Gasteiger partial charge is 0.505 e. The molecular weight excluding hydrogens is 374 g/mol. The van der Waals surface area contributed by atoms with Crippen molar-refractivity contribution in [2.75, 3.05) is 18.0 Å². The normalized spacial score (nSPS) is 16.0. The molecule has 1 atom stereocenters. The zero-order valence-electron chi connectivity index (χ0n) is 15.3. The number of aliphatic hydroxyl groups is 1. The van der Waals surface area contributed by atoms with Crippen LogP contribution >= 0.6 is 0 Å². The van der Waals surface area contributed by atoms with Crippen LogP contribution in [0.3, 0.4) is 0 Å². The highest BCUT2D eigenvalue weighted by molar-refractivity contribution is 5.98. The number of fused-ring (bicyclic) bond motifs is 1. The van der Waals surface area contributed by atoms with Crippen molar-refractivity contribution in [3.8, 4) is 11.8 Å². The van der Waals surface area contributed by atoms with Gasteiger partial charge in [0.2, 0.25) is 0 Å². The highest BCUT2D eigenvalue weighted by Crippen LogP contribution is 2.29. The molecule has 1 aliphatic heterocycles. The summed E-state index contributed by atoms with van der Waals surface area (Å²) in [5.74, 6) is -0.398. The third-order valence-corrected chi connectivity index (χ3v) is 4.70. The SMILES string of the molecule is N#Cc1ccc(COC(=O)c2ncc3nc(N4CC[C@@H](O)C4)ccc3c2O)cn1. The summed E-state index contributed by atoms with van der Waals surface area (Å²) in [6.07, 6.45) is 3.16. The van der Waals surface area contributed by atoms with Crippen molar-refractivity contribution in [3.63, 3.8) is 0 Å². The van der Waals surface area contributed by atoms with Crippen LogP contribution in [0.2, 0.25) is 0 Å². The van der Waals surface area contributed by atoms with Gasteiger partial charge in [-0.25, -0.2) is 19.7 Å². The van der Waals surface area contributed by atoms with Crippen LogP contribution in [-0.4, -0.2) is 50.3 Å². The molecule has 9 nitrogen and oxygen atoms in total. The molecule has 0 unspecified atom stereocenters. The fourth-order valence-corrected chi connectivity index (χ4v) is 3.15. The first-order valence-electron chi connectivity index (χ1n) is 8.99. The van der Waals surface area contributed by atoms with Crippen LogP contribution in [0.15, 0.2) is 36.7 Å². The first-order valence-corrected chi connectivity index (χ1v) is 8.99. The number of carbonyl (C=O) groups is 1. The highest BCUT2D eigenvalue weighted by Gasteiger charge is 2.23. The summed E-state index contributed by atoms with van der Waals surface area (Å²) < 4.78 is 5.19. The summed E-state index contributed by atoms with van der Waals surface area (Å²) in [6.45, 7) is 1.14. The Balaban J connectivity index is 1.51. The smallest absolute Gasteiger partial charge is 0.361 e. The second-order valence-corrected chi connectivity index (χ2v) is 6.69. The van der Waals surface area contributed by atoms with Crippen LogP contribution in [0.1, 0.15) is 28.2 Å². The lowest BCUT2D eigenvalue weighted by Gasteiger charge is -2.17. The van der Waals surface area contributed by atoms with Gasteiger partial charge in [0, 0.05) is 30.2 Å². The van der Waals surface area contributed by atoms with Gasteiger partial charge in [-0.05, 0) is 24.6 Å². The Morgan fingerprint density at radius 1 is 1.28 bits per heavy atom. The van der Waals surface area contributed by atoms with Gasteiger partial charge in [0.25, 0.3) is 0 Å². The molecule has 4 rings (SSSR count). The van der Waals surface area contributed by atoms with E-state index in [2.05, 4.69) is 15.0 Å². The molecule has 0 saturated carbocycles. The molecule has 1 fully saturated rings. The number of rotatable bonds is 4. The summed E-state index contributed by atoms with van der Waals surface area (Å²) in [7, 11) is 0. The van der Waals surface area contributed by atoms with Crippen LogP contribution in [0.25, 0.3) is 10.9 Å². The zero-order chi connectivity index (χ0) is 20.4. The van der Waals surface area contributed by atoms with E-state index in [-0.39, 0.29) is 29.8 Å². The Labute approximate surface area is 165 Å². The van der Waals surface area contributed by atoms with E-state index in [0.717, 1.165) is 0 Å². The predicted octanol–water partition coefficient (Wildman–Crippen LogP) is 1.53. The van der Waals surface area contributed by atoms with Gasteiger partial charge >= 0.3 is 5.97 Å². The third-order valence-electron chi connectivity index (χ3n) is 4.70. The topological polar surface area (TPSA) is 132 Å². The van der Waals surface area contributed by atoms with E-state index in [1.807, 2.05) is 11.0 Å². The van der Waals surface area contributed by atoms with Crippen molar-refractivity contribution in [3.05, 3.63) is 53.6 Å². The molecule has 1 aliphatic rings. The Hall–Kier alpha value is -3.77. The molecule has 3 aromatic heterocycles. The fraction of sp³-hybridized carbons (Fsp3) is 0.250. The summed E-state index contributed by atoms with van der Waals surface area (Å²) in [6, 6.07) is 8.47. The number of carbonyl (C=O) groups excluding carboxylic acids is 1. The number of pyridine rings is 3. The number of β-amino-alcohol motifs (C(OH)–C–C–N with tert-alkyl or cyclic N) is 1. The van der Waals surface area contributed by atoms with Gasteiger partial charge in [0.1, 0.15) is 24.2 Å². The average Bonchev–Trinajstić information content (AvgIpc) is 3.18. The number of aromatic nitrogens is 3. The molecule has 9 heteroatoms. The molecule has 0 amide bonds. The summed E-state index contributed by atoms with van der Waals surface area (Å²) in [5.41, 5.74) is 1.11. The number of aromatic hydroxyl groups is 1. The van der Waals surface area contributed by atoms with Crippen molar-refractivity contribution in [2.45, 2.75) is 19.1 Å². The maximum absolute atomic E-state index is 12.3. The quantitative estimate of drug-likeness (QED) is 0.635. The van der Waals surface area contributed by atoms with Crippen LogP contribution in [0.5, 0.6) is 5.75 Å². The lowest BCUT2D eigenvalue weighted by atomic mass is 10.2. The number of esters is 1. The molecule has 0 aromatic carbocycles. The molecule has 3 aromatic rings. The molecule has 0 bridgehead atoms. The molecule has 146 valence electrons. The number of ether oxygens (including phenoxy) is 1. The van der Waals surface area contributed by atoms with Crippen molar-refractivity contribution in [1.82, 2.24) is 15.0 Å². The molecule has 0 aliphatic carbocycles. The Morgan fingerprint density at radius 2 is 2.14 bits per heavy atom. The number of aliphatic hydroxyl groups excluding tert-OH is 1. The van der Waals surface area contributed by atoms with Gasteiger partial charge in [-0.2, -0.15) is 5.26 Å². The second kappa shape index (κ2) is 7.69. The average molecular weight is 391 g/mol. The minimum Gasteiger partial charge on any atom is -0.505 e. The Morgan fingerprint density at radius 3 is 2.83 bits per heavy atom. The van der Waals surface area contributed by atoms with Crippen molar-refractivity contribution < 1.29 is 19.7 Å². The molecule has 0 radical (unpaired) electrons. The fourth-order valence-electron chi connectivity index (χ4n) is 3.15. The van der Waals surface area contributed by atoms with E-state index in [9.17, 15) is 15.0 Å². The molecule has 1 saturated heterocycles. The molecule has 29 heavy (non-hydrogen) atoms. The monoisotopic (exact) mass is 391 g/mol. The van der Waals surface area contributed by atoms with E-state index in [1.54, 1.807) is 18.2 Å². The van der Waals surface area contributed by atoms with E-state index < -0.39 is 5.97 Å². The van der Waals surface area contributed by atoms with Crippen LogP contribution < -0.4 is 4.90 Å². The number of anilines is 1. The van der Waals surface area contributed by atoms with Crippen molar-refractivity contribution in [2.24, 2.45) is 0 Å². The van der Waals surface area contributed by atoms with E-state index >= 15 is 0 Å². The zero-order valence-corrected chi connectivity index (χ0v) is 15.3. The van der Waals surface area contributed by atoms with Crippen LogP contribution in [0.4, 0.5) is 5.82 Å². The van der Waals surface area contributed by atoms with Gasteiger partial charge in [0.05, 0.1) is 17.8 Å². The van der Waals surface area contributed by atoms with Gasteiger partial charge in [-0.3, -0.25) is 0 Å². The number of hydrogen-bond donors (Lipinski definition) is 2. The van der Waals surface area contributed by atoms with Gasteiger partial charge in [0.15, 0.2) is 11.4 Å². The van der Waals surface area contributed by atoms with E-state index in [0.29, 0.717) is 41.8 Å². The molecule has 0 spiro atoms. The van der Waals surface area contributed by atoms with E-state index in [1.165, 1.54) is 18.5 Å². The van der Waals surface area contributed by atoms with Crippen LogP contribution in [0, 0.1) is 11.3 Å². The summed E-state index contributed by atoms with van der Waals surface area (Å²) in [5, 5.41) is 29.3. The Kier molecular flexibility index (Phi) is 4.93. The van der Waals surface area contributed by atoms with Gasteiger partial charge < -0.3 is 19.8 Å². The second-order valence-electron chi connectivity index (χ2n) is 6.69. The number of nitriles is 1. The van der Waals surface area contributed by atoms with E-state index in [4.69, 9.17) is 10.00 Å².